The van der Waals surface area contributed by atoms with E-state index in [-0.39, 0.29) is 36.5 Å². The zero-order valence-corrected chi connectivity index (χ0v) is 24.8. The number of hydrogen-bond donors (Lipinski definition) is 1. The molecule has 3 nitrogen and oxygen atoms in total. The largest absolute Gasteiger partial charge is 0.417 e. The number of allylic oxidation sites excluding steroid dienone is 2. The van der Waals surface area contributed by atoms with E-state index in [1.807, 2.05) is 19.1 Å². The second-order valence-electron chi connectivity index (χ2n) is 13.2. The lowest BCUT2D eigenvalue weighted by atomic mass is 9.50. The molecule has 3 aromatic rings. The average Bonchev–Trinajstić information content (AvgIpc) is 3.47. The molecule has 0 spiro atoms. The highest BCUT2D eigenvalue weighted by Crippen LogP contribution is 2.69. The van der Waals surface area contributed by atoms with Gasteiger partial charge in [0.05, 0.1) is 15.2 Å². The molecule has 4 unspecified atom stereocenters. The number of Topliss-reactive ketones (excluding diaryl/α,β-unsaturated/α-hetero) is 1. The predicted octanol–water partition coefficient (Wildman–Crippen LogP) is 9.05. The third-order valence-electron chi connectivity index (χ3n) is 11.1. The maximum atomic E-state index is 14.5. The Hall–Kier alpha value is -2.77. The van der Waals surface area contributed by atoms with Crippen molar-refractivity contribution < 1.29 is 23.1 Å². The van der Waals surface area contributed by atoms with E-state index in [4.69, 9.17) is 0 Å². The van der Waals surface area contributed by atoms with Gasteiger partial charge in [-0.25, -0.2) is 4.98 Å². The quantitative estimate of drug-likeness (QED) is 0.244. The number of benzene rings is 2. The van der Waals surface area contributed by atoms with Crippen LogP contribution in [0, 0.1) is 30.1 Å². The molecule has 7 heteroatoms. The SMILES string of the molecule is Cc1nc2cc(/C=C/c3ccc(C4C[C@@]5(C)C(CC[C@@]5(O)C(F)(F)F)C5CCC6CC(=O)CCC6=C45)cc3)ccc2s1. The Balaban J connectivity index is 1.25. The van der Waals surface area contributed by atoms with Gasteiger partial charge in [0.2, 0.25) is 0 Å². The Morgan fingerprint density at radius 3 is 2.52 bits per heavy atom. The van der Waals surface area contributed by atoms with Crippen molar-refractivity contribution in [2.75, 3.05) is 0 Å². The Labute approximate surface area is 248 Å². The van der Waals surface area contributed by atoms with Gasteiger partial charge in [-0.2, -0.15) is 13.2 Å². The summed E-state index contributed by atoms with van der Waals surface area (Å²) in [6, 6.07) is 14.5. The molecule has 3 fully saturated rings. The van der Waals surface area contributed by atoms with Crippen LogP contribution in [0.15, 0.2) is 53.6 Å². The van der Waals surface area contributed by atoms with E-state index in [2.05, 4.69) is 47.5 Å². The fraction of sp³-hybridized carbons (Fsp3) is 0.486. The highest BCUT2D eigenvalue weighted by atomic mass is 32.1. The molecule has 0 amide bonds. The molecule has 0 aliphatic heterocycles. The van der Waals surface area contributed by atoms with Crippen molar-refractivity contribution >= 4 is 39.5 Å². The summed E-state index contributed by atoms with van der Waals surface area (Å²) in [6.45, 7) is 3.70. The molecule has 4 aliphatic carbocycles. The van der Waals surface area contributed by atoms with E-state index in [0.29, 0.717) is 25.0 Å². The molecule has 6 atom stereocenters. The van der Waals surface area contributed by atoms with Crippen molar-refractivity contribution in [2.24, 2.45) is 23.2 Å². The van der Waals surface area contributed by atoms with Crippen LogP contribution in [0.3, 0.4) is 0 Å². The molecule has 1 heterocycles. The predicted molar refractivity (Wildman–Crippen MR) is 161 cm³/mol. The maximum absolute atomic E-state index is 14.5. The van der Waals surface area contributed by atoms with E-state index in [1.165, 1.54) is 11.1 Å². The summed E-state index contributed by atoms with van der Waals surface area (Å²) in [7, 11) is 0. The normalized spacial score (nSPS) is 33.2. The minimum Gasteiger partial charge on any atom is -0.380 e. The Morgan fingerprint density at radius 2 is 1.76 bits per heavy atom. The van der Waals surface area contributed by atoms with Gasteiger partial charge in [-0.3, -0.25) is 4.79 Å². The zero-order valence-electron chi connectivity index (χ0n) is 24.0. The van der Waals surface area contributed by atoms with E-state index in [0.717, 1.165) is 51.2 Å². The highest BCUT2D eigenvalue weighted by molar-refractivity contribution is 7.18. The molecule has 1 N–H and O–H groups in total. The van der Waals surface area contributed by atoms with Crippen LogP contribution >= 0.6 is 11.3 Å². The molecule has 220 valence electrons. The van der Waals surface area contributed by atoms with Crippen molar-refractivity contribution in [3.63, 3.8) is 0 Å². The van der Waals surface area contributed by atoms with Crippen molar-refractivity contribution in [3.8, 4) is 0 Å². The van der Waals surface area contributed by atoms with Crippen LogP contribution < -0.4 is 0 Å². The number of fused-ring (bicyclic) bond motifs is 5. The first-order valence-corrected chi connectivity index (χ1v) is 16.0. The van der Waals surface area contributed by atoms with Crippen LogP contribution in [0.4, 0.5) is 13.2 Å². The van der Waals surface area contributed by atoms with Crippen molar-refractivity contribution in [1.29, 1.82) is 0 Å². The van der Waals surface area contributed by atoms with Gasteiger partial charge in [-0.05, 0) is 92.0 Å². The molecule has 2 aromatic carbocycles. The van der Waals surface area contributed by atoms with Gasteiger partial charge in [0, 0.05) is 24.2 Å². The average molecular weight is 592 g/mol. The number of hydrogen-bond acceptors (Lipinski definition) is 4. The topological polar surface area (TPSA) is 50.2 Å². The summed E-state index contributed by atoms with van der Waals surface area (Å²) in [5.74, 6) is 0.138. The van der Waals surface area contributed by atoms with Crippen LogP contribution in [0.25, 0.3) is 22.4 Å². The van der Waals surface area contributed by atoms with Gasteiger partial charge in [-0.1, -0.05) is 60.6 Å². The van der Waals surface area contributed by atoms with Crippen molar-refractivity contribution in [2.45, 2.75) is 82.9 Å². The van der Waals surface area contributed by atoms with E-state index in [9.17, 15) is 23.1 Å². The Morgan fingerprint density at radius 1 is 1.02 bits per heavy atom. The maximum Gasteiger partial charge on any atom is 0.417 e. The van der Waals surface area contributed by atoms with Gasteiger partial charge in [0.15, 0.2) is 5.60 Å². The van der Waals surface area contributed by atoms with Crippen LogP contribution in [0.2, 0.25) is 0 Å². The first-order valence-electron chi connectivity index (χ1n) is 15.2. The second kappa shape index (κ2) is 9.88. The summed E-state index contributed by atoms with van der Waals surface area (Å²) in [5.41, 5.74) is 2.76. The number of thiazole rings is 1. The molecule has 42 heavy (non-hydrogen) atoms. The summed E-state index contributed by atoms with van der Waals surface area (Å²) >= 11 is 1.68. The fourth-order valence-corrected chi connectivity index (χ4v) is 9.85. The van der Waals surface area contributed by atoms with Crippen LogP contribution in [0.1, 0.15) is 85.9 Å². The first-order chi connectivity index (χ1) is 20.0. The molecule has 0 bridgehead atoms. The number of aryl methyl sites for hydroxylation is 1. The Kier molecular flexibility index (Phi) is 6.59. The second-order valence-corrected chi connectivity index (χ2v) is 14.5. The lowest BCUT2D eigenvalue weighted by Crippen LogP contribution is -2.59. The number of halogens is 3. The smallest absolute Gasteiger partial charge is 0.380 e. The lowest BCUT2D eigenvalue weighted by molar-refractivity contribution is -0.299. The summed E-state index contributed by atoms with van der Waals surface area (Å²) < 4.78 is 44.6. The third kappa shape index (κ3) is 4.33. The molecule has 7 rings (SSSR count). The Bertz CT molecular complexity index is 1620. The molecule has 4 aliphatic rings. The molecule has 0 saturated heterocycles. The highest BCUT2D eigenvalue weighted by Gasteiger charge is 2.72. The van der Waals surface area contributed by atoms with Gasteiger partial charge in [0.1, 0.15) is 5.78 Å². The van der Waals surface area contributed by atoms with Crippen molar-refractivity contribution in [1.82, 2.24) is 4.98 Å². The number of carbonyl (C=O) groups is 1. The summed E-state index contributed by atoms with van der Waals surface area (Å²) in [4.78, 5) is 16.9. The molecule has 1 aromatic heterocycles. The van der Waals surface area contributed by atoms with E-state index in [1.54, 1.807) is 18.3 Å². The van der Waals surface area contributed by atoms with Gasteiger partial charge in [-0.15, -0.1) is 11.3 Å². The number of carbonyl (C=O) groups excluding carboxylic acids is 1. The van der Waals surface area contributed by atoms with Crippen LogP contribution in [-0.4, -0.2) is 27.7 Å². The molecular formula is C35H36F3NO2S. The fourth-order valence-electron chi connectivity index (χ4n) is 9.04. The monoisotopic (exact) mass is 591 g/mol. The van der Waals surface area contributed by atoms with E-state index < -0.39 is 17.2 Å². The minimum atomic E-state index is -4.67. The number of aliphatic hydroxyl groups is 1. The van der Waals surface area contributed by atoms with E-state index >= 15 is 0 Å². The molecule has 0 radical (unpaired) electrons. The summed E-state index contributed by atoms with van der Waals surface area (Å²) in [5, 5.41) is 12.3. The standard InChI is InChI=1S/C35H36F3NO2S/c1-20-39-30-17-22(7-14-31(30)42-20)4-3-21-5-8-23(9-6-21)28-19-33(2)29(15-16-34(33,41)35(36,37)38)27-12-10-24-18-25(40)11-13-26(24)32(27)28/h3-9,14,17,24,27-29,41H,10-13,15-16,18-19H2,1-2H3/b4-3+/t24?,27?,28?,29?,33-,34-/m0/s1. The van der Waals surface area contributed by atoms with Gasteiger partial charge in [0.25, 0.3) is 0 Å². The minimum absolute atomic E-state index is 0.0217. The van der Waals surface area contributed by atoms with Crippen molar-refractivity contribution in [3.05, 3.63) is 75.3 Å². The number of aromatic nitrogens is 1. The first kappa shape index (κ1) is 28.0. The van der Waals surface area contributed by atoms with Crippen LogP contribution in [0.5, 0.6) is 0 Å². The van der Waals surface area contributed by atoms with Crippen LogP contribution in [-0.2, 0) is 4.79 Å². The molecule has 3 saturated carbocycles. The van der Waals surface area contributed by atoms with Gasteiger partial charge < -0.3 is 5.11 Å². The zero-order chi connectivity index (χ0) is 29.4. The van der Waals surface area contributed by atoms with Gasteiger partial charge >= 0.3 is 6.18 Å². The summed E-state index contributed by atoms with van der Waals surface area (Å²) in [6.07, 6.45) is 3.33. The molecular weight excluding hydrogens is 555 g/mol. The third-order valence-corrected chi connectivity index (χ3v) is 12.1. The number of ketones is 1. The number of alkyl halides is 3. The lowest BCUT2D eigenvalue weighted by Gasteiger charge is -2.55. The number of nitrogens with zero attached hydrogens (tertiary/aromatic N) is 1. The number of rotatable bonds is 3.